The number of rotatable bonds is 3. The second-order valence-electron chi connectivity index (χ2n) is 8.70. The molecule has 0 unspecified atom stereocenters. The molecule has 4 rings (SSSR count). The van der Waals surface area contributed by atoms with E-state index in [1.165, 1.54) is 77.0 Å². The number of allylic oxidation sites excluding steroid dienone is 1. The van der Waals surface area contributed by atoms with E-state index in [1.54, 1.807) is 4.91 Å². The normalized spacial score (nSPS) is 39.0. The zero-order valence-corrected chi connectivity index (χ0v) is 15.3. The van der Waals surface area contributed by atoms with Gasteiger partial charge in [-0.2, -0.15) is 11.6 Å². The van der Waals surface area contributed by atoms with E-state index >= 15 is 0 Å². The van der Waals surface area contributed by atoms with Crippen LogP contribution in [0.2, 0.25) is 23.3 Å². The summed E-state index contributed by atoms with van der Waals surface area (Å²) in [6.45, 7) is 3.39. The van der Waals surface area contributed by atoms with Crippen molar-refractivity contribution in [3.8, 4) is 0 Å². The standard InChI is InChI=1S/C19H32B2S/c1-15(14-20-16-6-2-7-17(20)9-3-8-16)22-21-18-10-4-11-19(21)13-5-12-18/h14,16-19H,2-13H2,1H3/b15-14+. The predicted octanol–water partition coefficient (Wildman–Crippen LogP) is 6.87. The van der Waals surface area contributed by atoms with E-state index in [0.29, 0.717) is 0 Å². The predicted molar refractivity (Wildman–Crippen MR) is 103 cm³/mol. The van der Waals surface area contributed by atoms with E-state index in [-0.39, 0.29) is 0 Å². The Kier molecular flexibility index (Phi) is 5.00. The fourth-order valence-corrected chi connectivity index (χ4v) is 7.93. The van der Waals surface area contributed by atoms with Gasteiger partial charge in [-0.1, -0.05) is 100 Å². The summed E-state index contributed by atoms with van der Waals surface area (Å²) in [5.41, 5.74) is 0. The summed E-state index contributed by atoms with van der Waals surface area (Å²) in [4.78, 5) is 1.69. The molecule has 0 spiro atoms. The smallest absolute Gasteiger partial charge is 0.181 e. The molecule has 0 radical (unpaired) electrons. The highest BCUT2D eigenvalue weighted by Crippen LogP contribution is 2.52. The molecule has 4 saturated heterocycles. The lowest BCUT2D eigenvalue weighted by molar-refractivity contribution is 0.447. The monoisotopic (exact) mass is 314 g/mol. The Balaban J connectivity index is 1.43. The number of fused-ring (bicyclic) bond motifs is 4. The molecule has 0 saturated carbocycles. The van der Waals surface area contributed by atoms with Crippen molar-refractivity contribution >= 4 is 24.3 Å². The third kappa shape index (κ3) is 3.21. The van der Waals surface area contributed by atoms with Crippen LogP contribution < -0.4 is 0 Å². The highest BCUT2D eigenvalue weighted by atomic mass is 32.2. The Labute approximate surface area is 142 Å². The van der Waals surface area contributed by atoms with E-state index in [9.17, 15) is 0 Å². The van der Waals surface area contributed by atoms with Gasteiger partial charge in [0, 0.05) is 0 Å². The molecule has 0 aromatic carbocycles. The maximum absolute atomic E-state index is 2.75. The Morgan fingerprint density at radius 2 is 1.14 bits per heavy atom. The van der Waals surface area contributed by atoms with Crippen LogP contribution in [0.3, 0.4) is 0 Å². The fraction of sp³-hybridized carbons (Fsp3) is 0.895. The van der Waals surface area contributed by atoms with Gasteiger partial charge in [0.25, 0.3) is 0 Å². The molecule has 0 aromatic heterocycles. The topological polar surface area (TPSA) is 0 Å². The summed E-state index contributed by atoms with van der Waals surface area (Å²) in [7, 11) is 0. The van der Waals surface area contributed by atoms with Crippen molar-refractivity contribution in [2.45, 2.75) is 107 Å². The van der Waals surface area contributed by atoms with Crippen LogP contribution in [0.5, 0.6) is 0 Å². The van der Waals surface area contributed by atoms with Crippen LogP contribution in [-0.4, -0.2) is 12.7 Å². The average Bonchev–Trinajstić information content (AvgIpc) is 2.46. The van der Waals surface area contributed by atoms with Crippen LogP contribution in [0.15, 0.2) is 10.9 Å². The summed E-state index contributed by atoms with van der Waals surface area (Å²) in [5.74, 6) is 7.89. The third-order valence-corrected chi connectivity index (χ3v) is 8.92. The molecule has 0 nitrogen and oxygen atoms in total. The second kappa shape index (κ2) is 6.99. The minimum absolute atomic E-state index is 0.943. The van der Waals surface area contributed by atoms with Crippen LogP contribution in [0.25, 0.3) is 0 Å². The number of hydrogen-bond acceptors (Lipinski definition) is 1. The highest BCUT2D eigenvalue weighted by molar-refractivity contribution is 8.28. The molecule has 0 aliphatic carbocycles. The van der Waals surface area contributed by atoms with Gasteiger partial charge in [-0.05, 0) is 11.8 Å². The van der Waals surface area contributed by atoms with Crippen LogP contribution in [0, 0.1) is 0 Å². The summed E-state index contributed by atoms with van der Waals surface area (Å²) in [5, 5.41) is 0. The van der Waals surface area contributed by atoms with Gasteiger partial charge in [-0.15, -0.1) is 5.98 Å². The first-order chi connectivity index (χ1) is 10.8. The van der Waals surface area contributed by atoms with Gasteiger partial charge in [0.05, 0.1) is 0 Å². The van der Waals surface area contributed by atoms with Crippen LogP contribution in [0.4, 0.5) is 0 Å². The molecular formula is C19H32B2S. The maximum Gasteiger partial charge on any atom is 0.221 e. The maximum atomic E-state index is 2.75. The quantitative estimate of drug-likeness (QED) is 0.512. The van der Waals surface area contributed by atoms with Crippen molar-refractivity contribution in [3.05, 3.63) is 10.9 Å². The largest absolute Gasteiger partial charge is 0.221 e. The van der Waals surface area contributed by atoms with Gasteiger partial charge in [0.1, 0.15) is 0 Å². The zero-order valence-electron chi connectivity index (χ0n) is 14.4. The minimum atomic E-state index is 0.943. The van der Waals surface area contributed by atoms with E-state index in [2.05, 4.69) is 24.5 Å². The van der Waals surface area contributed by atoms with Crippen molar-refractivity contribution in [1.82, 2.24) is 0 Å². The zero-order chi connectivity index (χ0) is 14.9. The molecular weight excluding hydrogens is 282 g/mol. The lowest BCUT2D eigenvalue weighted by Crippen LogP contribution is -2.34. The Bertz CT molecular complexity index is 378. The van der Waals surface area contributed by atoms with E-state index < -0.39 is 0 Å². The van der Waals surface area contributed by atoms with Gasteiger partial charge in [0.15, 0.2) is 6.71 Å². The highest BCUT2D eigenvalue weighted by Gasteiger charge is 2.41. The summed E-state index contributed by atoms with van der Waals surface area (Å²) >= 11 is 2.31. The molecule has 0 N–H and O–H groups in total. The minimum Gasteiger partial charge on any atom is -0.181 e. The Morgan fingerprint density at radius 1 is 0.727 bits per heavy atom. The summed E-state index contributed by atoms with van der Waals surface area (Å²) in [6, 6.07) is 0. The van der Waals surface area contributed by atoms with Crippen LogP contribution in [0.1, 0.15) is 84.0 Å². The van der Waals surface area contributed by atoms with Crippen LogP contribution in [-0.2, 0) is 0 Å². The Morgan fingerprint density at radius 3 is 1.59 bits per heavy atom. The first-order valence-corrected chi connectivity index (χ1v) is 11.0. The summed E-state index contributed by atoms with van der Waals surface area (Å²) < 4.78 is 0. The van der Waals surface area contributed by atoms with Gasteiger partial charge in [0.2, 0.25) is 5.99 Å². The molecule has 0 amide bonds. The lowest BCUT2D eigenvalue weighted by atomic mass is 9.27. The molecule has 4 bridgehead atoms. The number of hydrogen-bond donors (Lipinski definition) is 0. The van der Waals surface area contributed by atoms with Crippen molar-refractivity contribution in [2.24, 2.45) is 0 Å². The first-order valence-electron chi connectivity index (χ1n) is 10.2. The van der Waals surface area contributed by atoms with E-state index in [0.717, 1.165) is 36.0 Å². The lowest BCUT2D eigenvalue weighted by Gasteiger charge is -2.41. The Hall–Kier alpha value is 0.220. The molecule has 0 atom stereocenters. The van der Waals surface area contributed by atoms with E-state index in [1.807, 2.05) is 0 Å². The average molecular weight is 314 g/mol. The molecule has 0 aromatic rings. The van der Waals surface area contributed by atoms with Crippen molar-refractivity contribution in [3.63, 3.8) is 0 Å². The molecule has 4 fully saturated rings. The first kappa shape index (κ1) is 15.7. The summed E-state index contributed by atoms with van der Waals surface area (Å²) in [6.07, 6.45) is 18.2. The van der Waals surface area contributed by atoms with Gasteiger partial charge in [-0.3, -0.25) is 0 Å². The van der Waals surface area contributed by atoms with Gasteiger partial charge >= 0.3 is 0 Å². The molecule has 4 heterocycles. The molecule has 22 heavy (non-hydrogen) atoms. The molecule has 4 aliphatic heterocycles. The van der Waals surface area contributed by atoms with Crippen molar-refractivity contribution in [1.29, 1.82) is 0 Å². The van der Waals surface area contributed by atoms with Crippen LogP contribution >= 0.6 is 11.6 Å². The van der Waals surface area contributed by atoms with Gasteiger partial charge in [-0.25, -0.2) is 0 Å². The van der Waals surface area contributed by atoms with Crippen molar-refractivity contribution < 1.29 is 0 Å². The van der Waals surface area contributed by atoms with E-state index in [4.69, 9.17) is 0 Å². The molecule has 3 heteroatoms. The SMILES string of the molecule is C/C(=C\B1C2CCCC1CCC2)SB1C2CCCC1CCC2. The van der Waals surface area contributed by atoms with Gasteiger partial charge < -0.3 is 0 Å². The van der Waals surface area contributed by atoms with Crippen molar-refractivity contribution in [2.75, 3.05) is 0 Å². The fourth-order valence-electron chi connectivity index (χ4n) is 6.33. The third-order valence-electron chi connectivity index (χ3n) is 7.37. The molecule has 4 aliphatic rings. The second-order valence-corrected chi connectivity index (χ2v) is 10.1. The molecule has 120 valence electrons.